The van der Waals surface area contributed by atoms with E-state index in [2.05, 4.69) is 9.97 Å². The molecule has 2 N–H and O–H groups in total. The van der Waals surface area contributed by atoms with Gasteiger partial charge in [0, 0.05) is 24.1 Å². The van der Waals surface area contributed by atoms with Crippen molar-refractivity contribution in [3.63, 3.8) is 0 Å². The van der Waals surface area contributed by atoms with Crippen LogP contribution in [0.15, 0.2) is 24.3 Å². The molecule has 5 rings (SSSR count). The van der Waals surface area contributed by atoms with Crippen LogP contribution in [0.25, 0.3) is 11.3 Å². The van der Waals surface area contributed by atoms with Crippen LogP contribution in [0.5, 0.6) is 0 Å². The van der Waals surface area contributed by atoms with E-state index in [4.69, 9.17) is 10.5 Å². The number of nitrogens with zero attached hydrogens (tertiary/aromatic N) is 3. The maximum absolute atomic E-state index is 14.4. The van der Waals surface area contributed by atoms with Crippen molar-refractivity contribution in [3.8, 4) is 11.3 Å². The highest BCUT2D eigenvalue weighted by atomic mass is 19.4. The summed E-state index contributed by atoms with van der Waals surface area (Å²) in [4.78, 5) is 9.15. The Bertz CT molecular complexity index is 988. The SMILES string of the molecule is NC1(c2ccc(-c3nc(N4CCC4C(F)(F)F)nc4c3CCC4(F)F)cc2)COC1. The Kier molecular flexibility index (Phi) is 4.14. The molecule has 3 aliphatic rings. The van der Waals surface area contributed by atoms with Crippen molar-refractivity contribution in [3.05, 3.63) is 41.1 Å². The Hall–Kier alpha value is -2.33. The van der Waals surface area contributed by atoms with E-state index in [1.54, 1.807) is 24.3 Å². The third kappa shape index (κ3) is 2.96. The van der Waals surface area contributed by atoms with Crippen LogP contribution in [0, 0.1) is 0 Å². The molecule has 0 spiro atoms. The van der Waals surface area contributed by atoms with Crippen LogP contribution in [0.2, 0.25) is 0 Å². The number of fused-ring (bicyclic) bond motifs is 1. The first-order valence-corrected chi connectivity index (χ1v) is 9.69. The number of benzene rings is 1. The van der Waals surface area contributed by atoms with Gasteiger partial charge in [0.2, 0.25) is 5.95 Å². The van der Waals surface area contributed by atoms with Crippen LogP contribution in [0.3, 0.4) is 0 Å². The number of hydrogen-bond acceptors (Lipinski definition) is 5. The van der Waals surface area contributed by atoms with Crippen molar-refractivity contribution < 1.29 is 26.7 Å². The lowest BCUT2D eigenvalue weighted by Crippen LogP contribution is -2.56. The maximum atomic E-state index is 14.4. The molecule has 1 atom stereocenters. The van der Waals surface area contributed by atoms with Crippen LogP contribution in [-0.4, -0.2) is 41.9 Å². The van der Waals surface area contributed by atoms with Gasteiger partial charge in [0.25, 0.3) is 5.92 Å². The summed E-state index contributed by atoms with van der Waals surface area (Å²) >= 11 is 0. The molecule has 0 radical (unpaired) electrons. The van der Waals surface area contributed by atoms with Crippen LogP contribution in [-0.2, 0) is 22.6 Å². The number of aromatic nitrogens is 2. The maximum Gasteiger partial charge on any atom is 0.408 e. The molecule has 1 aromatic carbocycles. The molecule has 0 saturated carbocycles. The first-order chi connectivity index (χ1) is 14.1. The Morgan fingerprint density at radius 1 is 1.10 bits per heavy atom. The molecule has 2 saturated heterocycles. The Morgan fingerprint density at radius 2 is 1.80 bits per heavy atom. The molecule has 10 heteroatoms. The quantitative estimate of drug-likeness (QED) is 0.762. The molecule has 2 aromatic rings. The summed E-state index contributed by atoms with van der Waals surface area (Å²) in [6, 6.07) is 5.23. The van der Waals surface area contributed by atoms with Crippen molar-refractivity contribution in [2.75, 3.05) is 24.7 Å². The first kappa shape index (κ1) is 19.6. The summed E-state index contributed by atoms with van der Waals surface area (Å²) in [5, 5.41) is 0. The van der Waals surface area contributed by atoms with E-state index < -0.39 is 35.8 Å². The van der Waals surface area contributed by atoms with Gasteiger partial charge in [-0.1, -0.05) is 24.3 Å². The molecule has 3 heterocycles. The standard InChI is InChI=1S/C20H19F5N4O/c21-19(22)7-5-13-15(11-1-3-12(4-2-11)18(26)9-30-10-18)27-17(28-16(13)19)29-8-6-14(29)20(23,24)25/h1-4,14H,5-10,26H2. The van der Waals surface area contributed by atoms with Crippen LogP contribution >= 0.6 is 0 Å². The average Bonchev–Trinajstić information content (AvgIpc) is 2.92. The van der Waals surface area contributed by atoms with Crippen molar-refractivity contribution in [2.24, 2.45) is 5.73 Å². The highest BCUT2D eigenvalue weighted by Gasteiger charge is 2.51. The van der Waals surface area contributed by atoms with Gasteiger partial charge < -0.3 is 15.4 Å². The number of alkyl halides is 5. The second-order valence-electron chi connectivity index (χ2n) is 8.17. The molecule has 2 aliphatic heterocycles. The Balaban J connectivity index is 1.57. The monoisotopic (exact) mass is 426 g/mol. The minimum Gasteiger partial charge on any atom is -0.377 e. The second-order valence-corrected chi connectivity index (χ2v) is 8.17. The third-order valence-electron chi connectivity index (χ3n) is 6.14. The number of anilines is 1. The summed E-state index contributed by atoms with van der Waals surface area (Å²) in [5.74, 6) is -3.49. The van der Waals surface area contributed by atoms with Gasteiger partial charge >= 0.3 is 6.18 Å². The molecule has 1 aromatic heterocycles. The molecule has 0 bridgehead atoms. The minimum absolute atomic E-state index is 0.0665. The minimum atomic E-state index is -4.47. The van der Waals surface area contributed by atoms with E-state index >= 15 is 0 Å². The fourth-order valence-corrected chi connectivity index (χ4v) is 4.19. The first-order valence-electron chi connectivity index (χ1n) is 9.69. The topological polar surface area (TPSA) is 64.3 Å². The summed E-state index contributed by atoms with van der Waals surface area (Å²) in [6.45, 7) is 0.849. The molecule has 1 unspecified atom stereocenters. The molecule has 160 valence electrons. The molecule has 30 heavy (non-hydrogen) atoms. The summed E-state index contributed by atoms with van der Waals surface area (Å²) in [5.41, 5.74) is 7.10. The molecule has 1 aliphatic carbocycles. The van der Waals surface area contributed by atoms with E-state index in [-0.39, 0.29) is 36.6 Å². The molecular weight excluding hydrogens is 407 g/mol. The number of halogens is 5. The zero-order valence-electron chi connectivity index (χ0n) is 15.8. The van der Waals surface area contributed by atoms with E-state index in [9.17, 15) is 22.0 Å². The summed E-state index contributed by atoms with van der Waals surface area (Å²) in [6.07, 6.45) is -4.94. The predicted molar refractivity (Wildman–Crippen MR) is 98.2 cm³/mol. The van der Waals surface area contributed by atoms with Gasteiger partial charge in [-0.2, -0.15) is 22.0 Å². The van der Waals surface area contributed by atoms with Crippen molar-refractivity contribution in [1.82, 2.24) is 9.97 Å². The molecule has 5 nitrogen and oxygen atoms in total. The van der Waals surface area contributed by atoms with Crippen LogP contribution < -0.4 is 10.6 Å². The smallest absolute Gasteiger partial charge is 0.377 e. The number of nitrogens with two attached hydrogens (primary N) is 1. The van der Waals surface area contributed by atoms with Crippen molar-refractivity contribution in [1.29, 1.82) is 0 Å². The van der Waals surface area contributed by atoms with Gasteiger partial charge in [0.05, 0.1) is 24.4 Å². The number of hydrogen-bond donors (Lipinski definition) is 1. The third-order valence-corrected chi connectivity index (χ3v) is 6.14. The Morgan fingerprint density at radius 3 is 2.33 bits per heavy atom. The van der Waals surface area contributed by atoms with Gasteiger partial charge in [0.15, 0.2) is 0 Å². The van der Waals surface area contributed by atoms with Crippen LogP contribution in [0.1, 0.15) is 29.7 Å². The summed E-state index contributed by atoms with van der Waals surface area (Å²) in [7, 11) is 0. The highest BCUT2D eigenvalue weighted by molar-refractivity contribution is 5.68. The van der Waals surface area contributed by atoms with Gasteiger partial charge in [0.1, 0.15) is 11.7 Å². The van der Waals surface area contributed by atoms with E-state index in [1.165, 1.54) is 0 Å². The largest absolute Gasteiger partial charge is 0.408 e. The lowest BCUT2D eigenvalue weighted by molar-refractivity contribution is -0.160. The van der Waals surface area contributed by atoms with Gasteiger partial charge in [-0.3, -0.25) is 0 Å². The van der Waals surface area contributed by atoms with E-state index in [1.807, 2.05) is 0 Å². The van der Waals surface area contributed by atoms with Crippen LogP contribution in [0.4, 0.5) is 27.9 Å². The fraction of sp³-hybridized carbons (Fsp3) is 0.500. The molecular formula is C20H19F5N4O. The Labute approximate surface area is 169 Å². The van der Waals surface area contributed by atoms with E-state index in [0.29, 0.717) is 18.8 Å². The zero-order valence-corrected chi connectivity index (χ0v) is 15.8. The zero-order chi connectivity index (χ0) is 21.3. The normalized spacial score (nSPS) is 24.2. The lowest BCUT2D eigenvalue weighted by atomic mass is 9.88. The number of ether oxygens (including phenoxy) is 1. The summed E-state index contributed by atoms with van der Waals surface area (Å²) < 4.78 is 73.7. The van der Waals surface area contributed by atoms with Gasteiger partial charge in [-0.05, 0) is 18.4 Å². The van der Waals surface area contributed by atoms with Gasteiger partial charge in [-0.15, -0.1) is 0 Å². The molecule has 0 amide bonds. The highest BCUT2D eigenvalue weighted by Crippen LogP contribution is 2.46. The van der Waals surface area contributed by atoms with Crippen molar-refractivity contribution >= 4 is 5.95 Å². The number of rotatable bonds is 3. The lowest BCUT2D eigenvalue weighted by Gasteiger charge is -2.42. The molecule has 2 fully saturated rings. The average molecular weight is 426 g/mol. The second kappa shape index (κ2) is 6.34. The predicted octanol–water partition coefficient (Wildman–Crippen LogP) is 3.51. The van der Waals surface area contributed by atoms with E-state index in [0.717, 1.165) is 10.5 Å². The van der Waals surface area contributed by atoms with Crippen molar-refractivity contribution in [2.45, 2.75) is 42.9 Å². The fourth-order valence-electron chi connectivity index (χ4n) is 4.19. The van der Waals surface area contributed by atoms with Gasteiger partial charge in [-0.25, -0.2) is 9.97 Å².